The van der Waals surface area contributed by atoms with Crippen LogP contribution in [0.1, 0.15) is 25.0 Å². The van der Waals surface area contributed by atoms with E-state index in [2.05, 4.69) is 5.32 Å². The molecule has 1 unspecified atom stereocenters. The SMILES string of the molecule is CNC(=O)CCN(C)c1cccc(OC)c1C(C)O. The van der Waals surface area contributed by atoms with E-state index >= 15 is 0 Å². The molecule has 106 valence electrons. The highest BCUT2D eigenvalue weighted by Crippen LogP contribution is 2.34. The lowest BCUT2D eigenvalue weighted by atomic mass is 10.1. The van der Waals surface area contributed by atoms with E-state index in [1.165, 1.54) is 0 Å². The van der Waals surface area contributed by atoms with Gasteiger partial charge in [0.1, 0.15) is 5.75 Å². The molecule has 0 bridgehead atoms. The molecule has 2 N–H and O–H groups in total. The Labute approximate surface area is 114 Å². The van der Waals surface area contributed by atoms with Crippen molar-refractivity contribution < 1.29 is 14.6 Å². The number of nitrogens with one attached hydrogen (secondary N) is 1. The molecule has 1 aromatic carbocycles. The van der Waals surface area contributed by atoms with Crippen LogP contribution in [-0.4, -0.2) is 38.8 Å². The van der Waals surface area contributed by atoms with Crippen molar-refractivity contribution >= 4 is 11.6 Å². The second kappa shape index (κ2) is 6.99. The molecule has 0 aliphatic carbocycles. The maximum atomic E-state index is 11.3. The number of carbonyl (C=O) groups is 1. The van der Waals surface area contributed by atoms with E-state index in [9.17, 15) is 9.90 Å². The fourth-order valence-corrected chi connectivity index (χ4v) is 1.98. The highest BCUT2D eigenvalue weighted by molar-refractivity contribution is 5.76. The standard InChI is InChI=1S/C14H22N2O3/c1-10(17)14-11(6-5-7-12(14)19-4)16(3)9-8-13(18)15-2/h5-7,10,17H,8-9H2,1-4H3,(H,15,18). The van der Waals surface area contributed by atoms with Gasteiger partial charge in [-0.15, -0.1) is 0 Å². The molecule has 1 atom stereocenters. The van der Waals surface area contributed by atoms with Crippen LogP contribution in [0, 0.1) is 0 Å². The maximum Gasteiger partial charge on any atom is 0.221 e. The Morgan fingerprint density at radius 1 is 1.53 bits per heavy atom. The first-order valence-corrected chi connectivity index (χ1v) is 6.28. The van der Waals surface area contributed by atoms with Crippen molar-refractivity contribution in [2.45, 2.75) is 19.4 Å². The quantitative estimate of drug-likeness (QED) is 0.815. The van der Waals surface area contributed by atoms with Crippen LogP contribution >= 0.6 is 0 Å². The van der Waals surface area contributed by atoms with Gasteiger partial charge in [-0.3, -0.25) is 4.79 Å². The summed E-state index contributed by atoms with van der Waals surface area (Å²) in [6.45, 7) is 2.28. The van der Waals surface area contributed by atoms with Crippen molar-refractivity contribution in [2.75, 3.05) is 32.6 Å². The van der Waals surface area contributed by atoms with Gasteiger partial charge in [0, 0.05) is 38.3 Å². The Balaban J connectivity index is 2.95. The van der Waals surface area contributed by atoms with E-state index in [1.54, 1.807) is 21.1 Å². The molecule has 1 amide bonds. The second-order valence-corrected chi connectivity index (χ2v) is 4.41. The number of anilines is 1. The third kappa shape index (κ3) is 3.86. The van der Waals surface area contributed by atoms with Gasteiger partial charge in [-0.2, -0.15) is 0 Å². The lowest BCUT2D eigenvalue weighted by Crippen LogP contribution is -2.27. The largest absolute Gasteiger partial charge is 0.496 e. The number of methoxy groups -OCH3 is 1. The van der Waals surface area contributed by atoms with E-state index < -0.39 is 6.10 Å². The molecule has 0 saturated carbocycles. The average Bonchev–Trinajstić information content (AvgIpc) is 2.42. The van der Waals surface area contributed by atoms with Gasteiger partial charge >= 0.3 is 0 Å². The summed E-state index contributed by atoms with van der Waals surface area (Å²) in [5.41, 5.74) is 1.61. The van der Waals surface area contributed by atoms with E-state index in [-0.39, 0.29) is 5.91 Å². The Bertz CT molecular complexity index is 433. The summed E-state index contributed by atoms with van der Waals surface area (Å²) in [6.07, 6.45) is -0.225. The minimum atomic E-state index is -0.631. The fraction of sp³-hybridized carbons (Fsp3) is 0.500. The van der Waals surface area contributed by atoms with E-state index in [0.717, 1.165) is 11.3 Å². The van der Waals surface area contributed by atoms with Gasteiger partial charge in [0.15, 0.2) is 0 Å². The van der Waals surface area contributed by atoms with Crippen LogP contribution in [0.2, 0.25) is 0 Å². The molecule has 19 heavy (non-hydrogen) atoms. The van der Waals surface area contributed by atoms with Crippen LogP contribution in [0.3, 0.4) is 0 Å². The summed E-state index contributed by atoms with van der Waals surface area (Å²) < 4.78 is 5.28. The second-order valence-electron chi connectivity index (χ2n) is 4.41. The molecule has 0 spiro atoms. The third-order valence-electron chi connectivity index (χ3n) is 3.05. The highest BCUT2D eigenvalue weighted by atomic mass is 16.5. The zero-order valence-electron chi connectivity index (χ0n) is 11.9. The number of nitrogens with zero attached hydrogens (tertiary/aromatic N) is 1. The van der Waals surface area contributed by atoms with Gasteiger partial charge < -0.3 is 20.1 Å². The monoisotopic (exact) mass is 266 g/mol. The van der Waals surface area contributed by atoms with Crippen LogP contribution in [0.15, 0.2) is 18.2 Å². The van der Waals surface area contributed by atoms with Crippen molar-refractivity contribution in [3.05, 3.63) is 23.8 Å². The number of hydrogen-bond donors (Lipinski definition) is 2. The van der Waals surface area contributed by atoms with Crippen molar-refractivity contribution in [3.8, 4) is 5.75 Å². The zero-order valence-corrected chi connectivity index (χ0v) is 11.9. The topological polar surface area (TPSA) is 61.8 Å². The molecule has 1 rings (SSSR count). The number of amides is 1. The molecular weight excluding hydrogens is 244 g/mol. The van der Waals surface area contributed by atoms with Gasteiger partial charge in [0.2, 0.25) is 5.91 Å². The number of aliphatic hydroxyl groups is 1. The van der Waals surface area contributed by atoms with Crippen LogP contribution in [0.4, 0.5) is 5.69 Å². The lowest BCUT2D eigenvalue weighted by molar-refractivity contribution is -0.120. The van der Waals surface area contributed by atoms with E-state index in [4.69, 9.17) is 4.74 Å². The molecule has 0 heterocycles. The van der Waals surface area contributed by atoms with Crippen molar-refractivity contribution in [3.63, 3.8) is 0 Å². The Hall–Kier alpha value is -1.75. The molecule has 0 aromatic heterocycles. The Kier molecular flexibility index (Phi) is 5.63. The van der Waals surface area contributed by atoms with E-state index in [0.29, 0.717) is 18.7 Å². The fourth-order valence-electron chi connectivity index (χ4n) is 1.98. The zero-order chi connectivity index (χ0) is 14.4. The first kappa shape index (κ1) is 15.3. The summed E-state index contributed by atoms with van der Waals surface area (Å²) in [7, 11) is 5.09. The maximum absolute atomic E-state index is 11.3. The van der Waals surface area contributed by atoms with Crippen LogP contribution in [-0.2, 0) is 4.79 Å². The number of aliphatic hydroxyl groups excluding tert-OH is 1. The number of carbonyl (C=O) groups excluding carboxylic acids is 1. The van der Waals surface area contributed by atoms with Crippen LogP contribution in [0.5, 0.6) is 5.75 Å². The molecule has 0 aliphatic rings. The van der Waals surface area contributed by atoms with Gasteiger partial charge in [-0.1, -0.05) is 6.07 Å². The summed E-state index contributed by atoms with van der Waals surface area (Å²) >= 11 is 0. The highest BCUT2D eigenvalue weighted by Gasteiger charge is 2.17. The van der Waals surface area contributed by atoms with Gasteiger partial charge in [-0.25, -0.2) is 0 Å². The Morgan fingerprint density at radius 2 is 2.21 bits per heavy atom. The van der Waals surface area contributed by atoms with E-state index in [1.807, 2.05) is 30.1 Å². The lowest BCUT2D eigenvalue weighted by Gasteiger charge is -2.24. The minimum Gasteiger partial charge on any atom is -0.496 e. The molecular formula is C14H22N2O3. The predicted octanol–water partition coefficient (Wildman–Crippen LogP) is 1.32. The van der Waals surface area contributed by atoms with Gasteiger partial charge in [0.25, 0.3) is 0 Å². The molecule has 0 radical (unpaired) electrons. The average molecular weight is 266 g/mol. The summed E-state index contributed by atoms with van der Waals surface area (Å²) in [6, 6.07) is 5.60. The number of benzene rings is 1. The predicted molar refractivity (Wildman–Crippen MR) is 75.6 cm³/mol. The summed E-state index contributed by atoms with van der Waals surface area (Å²) in [5.74, 6) is 0.646. The van der Waals surface area contributed by atoms with Crippen LogP contribution < -0.4 is 15.0 Å². The molecule has 5 heteroatoms. The Morgan fingerprint density at radius 3 is 2.74 bits per heavy atom. The third-order valence-corrected chi connectivity index (χ3v) is 3.05. The van der Waals surface area contributed by atoms with Crippen molar-refractivity contribution in [2.24, 2.45) is 0 Å². The molecule has 0 aliphatic heterocycles. The van der Waals surface area contributed by atoms with Gasteiger partial charge in [-0.05, 0) is 19.1 Å². The van der Waals surface area contributed by atoms with Crippen molar-refractivity contribution in [1.82, 2.24) is 5.32 Å². The smallest absolute Gasteiger partial charge is 0.221 e. The molecule has 1 aromatic rings. The number of hydrogen-bond acceptors (Lipinski definition) is 4. The number of ether oxygens (including phenoxy) is 1. The molecule has 0 fully saturated rings. The first-order chi connectivity index (χ1) is 9.01. The summed E-state index contributed by atoms with van der Waals surface area (Å²) in [4.78, 5) is 13.2. The number of rotatable bonds is 6. The van der Waals surface area contributed by atoms with Crippen molar-refractivity contribution in [1.29, 1.82) is 0 Å². The molecule has 5 nitrogen and oxygen atoms in total. The van der Waals surface area contributed by atoms with Crippen LogP contribution in [0.25, 0.3) is 0 Å². The normalized spacial score (nSPS) is 11.8. The minimum absolute atomic E-state index is 0.00616. The first-order valence-electron chi connectivity index (χ1n) is 6.28. The molecule has 0 saturated heterocycles. The summed E-state index contributed by atoms with van der Waals surface area (Å²) in [5, 5.41) is 12.5. The van der Waals surface area contributed by atoms with Gasteiger partial charge in [0.05, 0.1) is 13.2 Å².